The van der Waals surface area contributed by atoms with E-state index < -0.39 is 6.10 Å². The largest absolute Gasteiger partial charge is 0.391 e. The smallest absolute Gasteiger partial charge is 0.0848 e. The van der Waals surface area contributed by atoms with Gasteiger partial charge < -0.3 is 10.0 Å². The van der Waals surface area contributed by atoms with Gasteiger partial charge in [0.25, 0.3) is 0 Å². The predicted octanol–water partition coefficient (Wildman–Crippen LogP) is 2.11. The standard InChI is InChI=1S/C13H24ClN3O/c1-7-17-10(12(14)9(2)15-17)8-11(18)13(3,4)16(5)6/h11,18H,7-8H2,1-6H3. The Labute approximate surface area is 115 Å². The van der Waals surface area contributed by atoms with Crippen molar-refractivity contribution in [2.45, 2.75) is 52.3 Å². The molecule has 0 aromatic carbocycles. The Bertz CT molecular complexity index is 413. The van der Waals surface area contributed by atoms with Crippen molar-refractivity contribution in [2.24, 2.45) is 0 Å². The quantitative estimate of drug-likeness (QED) is 0.893. The van der Waals surface area contributed by atoms with Gasteiger partial charge in [0.2, 0.25) is 0 Å². The van der Waals surface area contributed by atoms with E-state index in [2.05, 4.69) is 5.10 Å². The lowest BCUT2D eigenvalue weighted by Crippen LogP contribution is -2.49. The summed E-state index contributed by atoms with van der Waals surface area (Å²) in [5.74, 6) is 0. The van der Waals surface area contributed by atoms with Crippen LogP contribution in [0.25, 0.3) is 0 Å². The average Bonchev–Trinajstić information content (AvgIpc) is 2.56. The van der Waals surface area contributed by atoms with Gasteiger partial charge in [-0.3, -0.25) is 4.68 Å². The van der Waals surface area contributed by atoms with Gasteiger partial charge in [-0.15, -0.1) is 0 Å². The van der Waals surface area contributed by atoms with Crippen LogP contribution in [-0.2, 0) is 13.0 Å². The Kier molecular flexibility index (Phi) is 4.81. The fourth-order valence-corrected chi connectivity index (χ4v) is 2.01. The molecule has 0 aliphatic heterocycles. The van der Waals surface area contributed by atoms with Gasteiger partial charge in [0.05, 0.1) is 22.5 Å². The minimum Gasteiger partial charge on any atom is -0.391 e. The van der Waals surface area contributed by atoms with E-state index in [9.17, 15) is 5.11 Å². The van der Waals surface area contributed by atoms with Crippen molar-refractivity contribution in [1.82, 2.24) is 14.7 Å². The van der Waals surface area contributed by atoms with Crippen molar-refractivity contribution in [1.29, 1.82) is 0 Å². The first-order chi connectivity index (χ1) is 8.21. The molecule has 0 aliphatic rings. The molecule has 1 rings (SSSR count). The topological polar surface area (TPSA) is 41.3 Å². The zero-order valence-corrected chi connectivity index (χ0v) is 12.9. The van der Waals surface area contributed by atoms with Crippen LogP contribution in [0.3, 0.4) is 0 Å². The van der Waals surface area contributed by atoms with Crippen LogP contribution in [0.2, 0.25) is 5.02 Å². The molecule has 0 bridgehead atoms. The SMILES string of the molecule is CCn1nc(C)c(Cl)c1CC(O)C(C)(C)N(C)C. The molecule has 0 radical (unpaired) electrons. The summed E-state index contributed by atoms with van der Waals surface area (Å²) in [7, 11) is 3.93. The molecule has 0 amide bonds. The summed E-state index contributed by atoms with van der Waals surface area (Å²) in [6.07, 6.45) is 0.0185. The molecule has 5 heteroatoms. The molecule has 0 aliphatic carbocycles. The van der Waals surface area contributed by atoms with E-state index in [1.165, 1.54) is 0 Å². The Balaban J connectivity index is 2.98. The predicted molar refractivity (Wildman–Crippen MR) is 75.1 cm³/mol. The summed E-state index contributed by atoms with van der Waals surface area (Å²) in [5.41, 5.74) is 1.43. The van der Waals surface area contributed by atoms with Gasteiger partial charge in [-0.05, 0) is 41.8 Å². The summed E-state index contributed by atoms with van der Waals surface area (Å²) in [6, 6.07) is 0. The van der Waals surface area contributed by atoms with Crippen molar-refractivity contribution in [3.05, 3.63) is 16.4 Å². The van der Waals surface area contributed by atoms with Crippen LogP contribution < -0.4 is 0 Å². The third-order valence-electron chi connectivity index (χ3n) is 3.81. The summed E-state index contributed by atoms with van der Waals surface area (Å²) in [5, 5.41) is 15.5. The van der Waals surface area contributed by atoms with Crippen molar-refractivity contribution in [3.8, 4) is 0 Å². The molecule has 1 unspecified atom stereocenters. The van der Waals surface area contributed by atoms with Gasteiger partial charge in [0.15, 0.2) is 0 Å². The fourth-order valence-electron chi connectivity index (χ4n) is 1.79. The minimum absolute atomic E-state index is 0.305. The van der Waals surface area contributed by atoms with Crippen LogP contribution in [-0.4, -0.2) is 45.5 Å². The van der Waals surface area contributed by atoms with Gasteiger partial charge in [0.1, 0.15) is 0 Å². The zero-order valence-electron chi connectivity index (χ0n) is 12.2. The molecule has 0 spiro atoms. The fraction of sp³-hybridized carbons (Fsp3) is 0.769. The number of likely N-dealkylation sites (N-methyl/N-ethyl adjacent to an activating group) is 1. The highest BCUT2D eigenvalue weighted by molar-refractivity contribution is 6.31. The summed E-state index contributed by atoms with van der Waals surface area (Å²) in [4.78, 5) is 2.02. The maximum Gasteiger partial charge on any atom is 0.0848 e. The zero-order chi connectivity index (χ0) is 14.1. The lowest BCUT2D eigenvalue weighted by atomic mass is 9.92. The number of aryl methyl sites for hydroxylation is 2. The minimum atomic E-state index is -0.494. The van der Waals surface area contributed by atoms with E-state index in [4.69, 9.17) is 11.6 Å². The maximum absolute atomic E-state index is 10.4. The molecule has 4 nitrogen and oxygen atoms in total. The molecule has 0 saturated heterocycles. The number of rotatable bonds is 5. The molecule has 0 fully saturated rings. The second kappa shape index (κ2) is 5.59. The van der Waals surface area contributed by atoms with Crippen LogP contribution in [0.1, 0.15) is 32.2 Å². The molecule has 1 aromatic rings. The van der Waals surface area contributed by atoms with Gasteiger partial charge >= 0.3 is 0 Å². The Morgan fingerprint density at radius 2 is 2.00 bits per heavy atom. The van der Waals surface area contributed by atoms with Gasteiger partial charge in [-0.25, -0.2) is 0 Å². The average molecular weight is 274 g/mol. The Morgan fingerprint density at radius 3 is 2.44 bits per heavy atom. The van der Waals surface area contributed by atoms with Gasteiger partial charge in [-0.1, -0.05) is 11.6 Å². The maximum atomic E-state index is 10.4. The van der Waals surface area contributed by atoms with Crippen LogP contribution in [0.4, 0.5) is 0 Å². The third-order valence-corrected chi connectivity index (χ3v) is 4.30. The van der Waals surface area contributed by atoms with E-state index in [1.807, 2.05) is 51.4 Å². The summed E-state index contributed by atoms with van der Waals surface area (Å²) >= 11 is 6.26. The molecule has 1 atom stereocenters. The second-order valence-electron chi connectivity index (χ2n) is 5.43. The van der Waals surface area contributed by atoms with E-state index in [0.29, 0.717) is 11.4 Å². The van der Waals surface area contributed by atoms with Gasteiger partial charge in [0, 0.05) is 18.5 Å². The van der Waals surface area contributed by atoms with E-state index in [0.717, 1.165) is 17.9 Å². The normalized spacial score (nSPS) is 14.3. The molecule has 104 valence electrons. The Morgan fingerprint density at radius 1 is 1.44 bits per heavy atom. The summed E-state index contributed by atoms with van der Waals surface area (Å²) in [6.45, 7) is 8.71. The molecule has 1 N–H and O–H groups in total. The molecule has 0 saturated carbocycles. The highest BCUT2D eigenvalue weighted by Crippen LogP contribution is 2.25. The van der Waals surface area contributed by atoms with Crippen LogP contribution >= 0.6 is 11.6 Å². The number of hydrogen-bond donors (Lipinski definition) is 1. The van der Waals surface area contributed by atoms with Crippen LogP contribution in [0, 0.1) is 6.92 Å². The first kappa shape index (κ1) is 15.5. The van der Waals surface area contributed by atoms with Gasteiger partial charge in [-0.2, -0.15) is 5.10 Å². The first-order valence-electron chi connectivity index (χ1n) is 6.29. The van der Waals surface area contributed by atoms with Crippen LogP contribution in [0.5, 0.6) is 0 Å². The number of aliphatic hydroxyl groups is 1. The van der Waals surface area contributed by atoms with Crippen molar-refractivity contribution < 1.29 is 5.11 Å². The summed E-state index contributed by atoms with van der Waals surface area (Å²) < 4.78 is 1.87. The number of halogens is 1. The third kappa shape index (κ3) is 2.87. The highest BCUT2D eigenvalue weighted by atomic mass is 35.5. The number of aliphatic hydroxyl groups excluding tert-OH is 1. The number of hydrogen-bond acceptors (Lipinski definition) is 3. The molecular formula is C13H24ClN3O. The number of aromatic nitrogens is 2. The Hall–Kier alpha value is -0.580. The first-order valence-corrected chi connectivity index (χ1v) is 6.66. The number of nitrogens with zero attached hydrogens (tertiary/aromatic N) is 3. The van der Waals surface area contributed by atoms with Crippen molar-refractivity contribution in [3.63, 3.8) is 0 Å². The van der Waals surface area contributed by atoms with E-state index in [1.54, 1.807) is 0 Å². The van der Waals surface area contributed by atoms with Crippen molar-refractivity contribution in [2.75, 3.05) is 14.1 Å². The van der Waals surface area contributed by atoms with E-state index >= 15 is 0 Å². The second-order valence-corrected chi connectivity index (χ2v) is 5.81. The lowest BCUT2D eigenvalue weighted by Gasteiger charge is -2.37. The van der Waals surface area contributed by atoms with Crippen LogP contribution in [0.15, 0.2) is 0 Å². The monoisotopic (exact) mass is 273 g/mol. The molecular weight excluding hydrogens is 250 g/mol. The molecule has 18 heavy (non-hydrogen) atoms. The van der Waals surface area contributed by atoms with E-state index in [-0.39, 0.29) is 5.54 Å². The molecule has 1 heterocycles. The van der Waals surface area contributed by atoms with Crippen molar-refractivity contribution >= 4 is 11.6 Å². The lowest BCUT2D eigenvalue weighted by molar-refractivity contribution is 0.0171. The molecule has 1 aromatic heterocycles. The highest BCUT2D eigenvalue weighted by Gasteiger charge is 2.31.